The van der Waals surface area contributed by atoms with E-state index in [-0.39, 0.29) is 5.28 Å². The number of benzene rings is 1. The summed E-state index contributed by atoms with van der Waals surface area (Å²) in [5.41, 5.74) is 1.98. The van der Waals surface area contributed by atoms with Crippen molar-refractivity contribution in [2.24, 2.45) is 0 Å². The maximum absolute atomic E-state index is 5.91. The number of nitrogens with one attached hydrogen (secondary N) is 1. The predicted octanol–water partition coefficient (Wildman–Crippen LogP) is 2.16. The zero-order valence-corrected chi connectivity index (χ0v) is 11.3. The van der Waals surface area contributed by atoms with Crippen LogP contribution in [0.5, 0.6) is 0 Å². The molecule has 0 aliphatic rings. The van der Waals surface area contributed by atoms with Crippen LogP contribution in [0.4, 0.5) is 11.6 Å². The van der Waals surface area contributed by atoms with Crippen LogP contribution in [0.25, 0.3) is 5.95 Å². The highest BCUT2D eigenvalue weighted by atomic mass is 35.5. The summed E-state index contributed by atoms with van der Waals surface area (Å²) in [4.78, 5) is 16.2. The number of aryl methyl sites for hydroxylation is 1. The first kappa shape index (κ1) is 12.5. The van der Waals surface area contributed by atoms with Gasteiger partial charge in [0.25, 0.3) is 5.95 Å². The Balaban J connectivity index is 1.97. The van der Waals surface area contributed by atoms with E-state index >= 15 is 0 Å². The van der Waals surface area contributed by atoms with Crippen LogP contribution in [-0.4, -0.2) is 29.7 Å². The highest BCUT2D eigenvalue weighted by Crippen LogP contribution is 2.18. The van der Waals surface area contributed by atoms with Crippen LogP contribution in [0.3, 0.4) is 0 Å². The Morgan fingerprint density at radius 3 is 2.75 bits per heavy atom. The van der Waals surface area contributed by atoms with Gasteiger partial charge in [-0.3, -0.25) is 0 Å². The lowest BCUT2D eigenvalue weighted by atomic mass is 10.2. The smallest absolute Gasteiger partial charge is 0.258 e. The van der Waals surface area contributed by atoms with E-state index in [4.69, 9.17) is 11.6 Å². The van der Waals surface area contributed by atoms with Gasteiger partial charge in [0.15, 0.2) is 0 Å². The van der Waals surface area contributed by atoms with E-state index in [1.807, 2.05) is 31.2 Å². The standard InChI is InChI=1S/C12H10ClN7/c1-8-4-2-3-5-9(8)16-11-17-10(13)18-12(19-11)20-7-14-6-15-20/h2-7H,1H3,(H,16,17,18,19). The summed E-state index contributed by atoms with van der Waals surface area (Å²) in [6, 6.07) is 7.81. The summed E-state index contributed by atoms with van der Waals surface area (Å²) >= 11 is 5.91. The molecule has 0 bridgehead atoms. The normalized spacial score (nSPS) is 10.5. The summed E-state index contributed by atoms with van der Waals surface area (Å²) in [7, 11) is 0. The highest BCUT2D eigenvalue weighted by Gasteiger charge is 2.08. The molecule has 3 aromatic rings. The molecule has 0 radical (unpaired) electrons. The van der Waals surface area contributed by atoms with Gasteiger partial charge >= 0.3 is 0 Å². The Labute approximate surface area is 119 Å². The van der Waals surface area contributed by atoms with Gasteiger partial charge in [0, 0.05) is 5.69 Å². The van der Waals surface area contributed by atoms with Crippen molar-refractivity contribution < 1.29 is 0 Å². The lowest BCUT2D eigenvalue weighted by molar-refractivity contribution is 0.796. The quantitative estimate of drug-likeness (QED) is 0.795. The molecule has 3 rings (SSSR count). The number of halogens is 1. The lowest BCUT2D eigenvalue weighted by Crippen LogP contribution is -2.07. The molecule has 0 atom stereocenters. The van der Waals surface area contributed by atoms with Crippen LogP contribution in [0.1, 0.15) is 5.56 Å². The number of aromatic nitrogens is 6. The van der Waals surface area contributed by atoms with Crippen molar-refractivity contribution >= 4 is 23.2 Å². The van der Waals surface area contributed by atoms with E-state index in [1.54, 1.807) is 0 Å². The average molecular weight is 288 g/mol. The molecular weight excluding hydrogens is 278 g/mol. The second-order valence-corrected chi connectivity index (χ2v) is 4.35. The van der Waals surface area contributed by atoms with E-state index in [9.17, 15) is 0 Å². The number of anilines is 2. The van der Waals surface area contributed by atoms with Crippen molar-refractivity contribution in [3.8, 4) is 5.95 Å². The molecule has 20 heavy (non-hydrogen) atoms. The topological polar surface area (TPSA) is 81.4 Å². The minimum atomic E-state index is 0.0848. The van der Waals surface area contributed by atoms with Crippen molar-refractivity contribution in [1.29, 1.82) is 0 Å². The maximum Gasteiger partial charge on any atom is 0.258 e. The second kappa shape index (κ2) is 5.22. The zero-order chi connectivity index (χ0) is 13.9. The van der Waals surface area contributed by atoms with Crippen LogP contribution < -0.4 is 5.32 Å². The van der Waals surface area contributed by atoms with Gasteiger partial charge in [-0.15, -0.1) is 0 Å². The van der Waals surface area contributed by atoms with Crippen molar-refractivity contribution in [2.75, 3.05) is 5.32 Å². The summed E-state index contributed by atoms with van der Waals surface area (Å²) in [5, 5.41) is 7.15. The fraction of sp³-hybridized carbons (Fsp3) is 0.0833. The van der Waals surface area contributed by atoms with Gasteiger partial charge < -0.3 is 5.32 Å². The number of nitrogens with zero attached hydrogens (tertiary/aromatic N) is 6. The summed E-state index contributed by atoms with van der Waals surface area (Å²) in [6.45, 7) is 1.99. The van der Waals surface area contributed by atoms with Crippen molar-refractivity contribution in [1.82, 2.24) is 29.7 Å². The van der Waals surface area contributed by atoms with Crippen molar-refractivity contribution in [3.63, 3.8) is 0 Å². The lowest BCUT2D eigenvalue weighted by Gasteiger charge is -2.08. The molecule has 1 aromatic carbocycles. The molecule has 7 nitrogen and oxygen atoms in total. The number of hydrogen-bond donors (Lipinski definition) is 1. The summed E-state index contributed by atoms with van der Waals surface area (Å²) in [6.07, 6.45) is 2.88. The van der Waals surface area contributed by atoms with Gasteiger partial charge in [-0.1, -0.05) is 18.2 Å². The molecule has 0 saturated carbocycles. The molecule has 8 heteroatoms. The highest BCUT2D eigenvalue weighted by molar-refractivity contribution is 6.28. The largest absolute Gasteiger partial charge is 0.324 e. The van der Waals surface area contributed by atoms with E-state index in [2.05, 4.69) is 30.4 Å². The van der Waals surface area contributed by atoms with E-state index < -0.39 is 0 Å². The van der Waals surface area contributed by atoms with Crippen LogP contribution in [0.15, 0.2) is 36.9 Å². The maximum atomic E-state index is 5.91. The number of hydrogen-bond acceptors (Lipinski definition) is 6. The average Bonchev–Trinajstić information content (AvgIpc) is 2.95. The van der Waals surface area contributed by atoms with E-state index in [1.165, 1.54) is 17.3 Å². The third-order valence-corrected chi connectivity index (χ3v) is 2.78. The third kappa shape index (κ3) is 2.57. The van der Waals surface area contributed by atoms with E-state index in [0.717, 1.165) is 11.3 Å². The molecule has 100 valence electrons. The molecule has 2 heterocycles. The minimum absolute atomic E-state index is 0.0848. The summed E-state index contributed by atoms with van der Waals surface area (Å²) < 4.78 is 1.41. The molecule has 2 aromatic heterocycles. The first-order valence-corrected chi connectivity index (χ1v) is 6.19. The van der Waals surface area contributed by atoms with Crippen LogP contribution in [0.2, 0.25) is 5.28 Å². The van der Waals surface area contributed by atoms with E-state index in [0.29, 0.717) is 11.9 Å². The minimum Gasteiger partial charge on any atom is -0.324 e. The molecule has 0 spiro atoms. The van der Waals surface area contributed by atoms with Gasteiger partial charge in [0.2, 0.25) is 11.2 Å². The Bertz CT molecular complexity index is 726. The molecule has 0 amide bonds. The van der Waals surface area contributed by atoms with Gasteiger partial charge in [-0.25, -0.2) is 4.98 Å². The first-order valence-electron chi connectivity index (χ1n) is 5.81. The van der Waals surface area contributed by atoms with Crippen LogP contribution in [-0.2, 0) is 0 Å². The molecule has 1 N–H and O–H groups in total. The molecule has 0 fully saturated rings. The molecular formula is C12H10ClN7. The number of para-hydroxylation sites is 1. The number of rotatable bonds is 3. The molecule has 0 aliphatic carbocycles. The molecule has 0 aliphatic heterocycles. The Morgan fingerprint density at radius 1 is 1.15 bits per heavy atom. The van der Waals surface area contributed by atoms with Gasteiger partial charge in [-0.2, -0.15) is 24.7 Å². The third-order valence-electron chi connectivity index (χ3n) is 2.61. The zero-order valence-electron chi connectivity index (χ0n) is 10.5. The second-order valence-electron chi connectivity index (χ2n) is 4.01. The summed E-state index contributed by atoms with van der Waals surface area (Å²) in [5.74, 6) is 0.656. The van der Waals surface area contributed by atoms with Crippen molar-refractivity contribution in [3.05, 3.63) is 47.8 Å². The predicted molar refractivity (Wildman–Crippen MR) is 74.2 cm³/mol. The Kier molecular flexibility index (Phi) is 3.26. The van der Waals surface area contributed by atoms with Crippen LogP contribution in [0, 0.1) is 6.92 Å². The van der Waals surface area contributed by atoms with Crippen molar-refractivity contribution in [2.45, 2.75) is 6.92 Å². The van der Waals surface area contributed by atoms with Gasteiger partial charge in [-0.05, 0) is 30.2 Å². The Hall–Kier alpha value is -2.54. The fourth-order valence-corrected chi connectivity index (χ4v) is 1.80. The monoisotopic (exact) mass is 287 g/mol. The fourth-order valence-electron chi connectivity index (χ4n) is 1.64. The Morgan fingerprint density at radius 2 is 2.00 bits per heavy atom. The van der Waals surface area contributed by atoms with Crippen LogP contribution >= 0.6 is 11.6 Å². The SMILES string of the molecule is Cc1ccccc1Nc1nc(Cl)nc(-n2cncn2)n1. The van der Waals surface area contributed by atoms with Gasteiger partial charge in [0.1, 0.15) is 12.7 Å². The van der Waals surface area contributed by atoms with Gasteiger partial charge in [0.05, 0.1) is 0 Å². The first-order chi connectivity index (χ1) is 9.72. The molecule has 0 saturated heterocycles. The molecule has 0 unspecified atom stereocenters.